The number of halogens is 1. The van der Waals surface area contributed by atoms with E-state index in [1.165, 1.54) is 30.3 Å². The minimum atomic E-state index is -3.78. The Kier molecular flexibility index (Phi) is 6.25. The summed E-state index contributed by atoms with van der Waals surface area (Å²) < 4.78 is 29.4. The molecule has 3 aromatic carbocycles. The molecule has 0 aliphatic heterocycles. The summed E-state index contributed by atoms with van der Waals surface area (Å²) in [5.41, 5.74) is 2.28. The first-order valence-corrected chi connectivity index (χ1v) is 11.5. The van der Waals surface area contributed by atoms with Crippen molar-refractivity contribution >= 4 is 33.2 Å². The molecule has 0 spiro atoms. The maximum Gasteiger partial charge on any atom is 0.261 e. The standard InChI is InChI=1S/C23H19ClN4O3S/c24-22-11-8-18(27-32(30,31)20-4-2-1-3-5-20)14-21(22)23(29)26-15-17-6-9-19(10-7-17)28-13-12-25-16-28/h1-14,16,27H,15H2,(H,26,29). The SMILES string of the molecule is O=C(NCc1ccc(-n2ccnc2)cc1)c1cc(NS(=O)(=O)c2ccccc2)ccc1Cl. The Balaban J connectivity index is 1.44. The molecule has 9 heteroatoms. The zero-order chi connectivity index (χ0) is 22.6. The van der Waals surface area contributed by atoms with Crippen LogP contribution in [0.1, 0.15) is 15.9 Å². The van der Waals surface area contributed by atoms with Crippen LogP contribution in [0.3, 0.4) is 0 Å². The third-order valence-electron chi connectivity index (χ3n) is 4.71. The zero-order valence-corrected chi connectivity index (χ0v) is 18.3. The molecule has 0 saturated heterocycles. The van der Waals surface area contributed by atoms with Crippen molar-refractivity contribution < 1.29 is 13.2 Å². The Bertz CT molecular complexity index is 1320. The van der Waals surface area contributed by atoms with Crippen LogP contribution in [-0.4, -0.2) is 23.9 Å². The van der Waals surface area contributed by atoms with Gasteiger partial charge in [-0.15, -0.1) is 0 Å². The number of nitrogens with one attached hydrogen (secondary N) is 2. The van der Waals surface area contributed by atoms with E-state index in [2.05, 4.69) is 15.0 Å². The van der Waals surface area contributed by atoms with Gasteiger partial charge >= 0.3 is 0 Å². The van der Waals surface area contributed by atoms with Crippen molar-refractivity contribution in [3.63, 3.8) is 0 Å². The highest BCUT2D eigenvalue weighted by molar-refractivity contribution is 7.92. The van der Waals surface area contributed by atoms with E-state index in [0.29, 0.717) is 6.54 Å². The number of imidazole rings is 1. The molecule has 0 radical (unpaired) electrons. The monoisotopic (exact) mass is 466 g/mol. The van der Waals surface area contributed by atoms with Gasteiger partial charge in [-0.1, -0.05) is 41.9 Å². The summed E-state index contributed by atoms with van der Waals surface area (Å²) in [6, 6.07) is 20.1. The average molecular weight is 467 g/mol. The lowest BCUT2D eigenvalue weighted by molar-refractivity contribution is 0.0951. The second kappa shape index (κ2) is 9.25. The molecule has 32 heavy (non-hydrogen) atoms. The smallest absolute Gasteiger partial charge is 0.261 e. The van der Waals surface area contributed by atoms with Crippen molar-refractivity contribution in [2.24, 2.45) is 0 Å². The Morgan fingerprint density at radius 2 is 1.75 bits per heavy atom. The van der Waals surface area contributed by atoms with Crippen LogP contribution in [0.15, 0.2) is 96.4 Å². The summed E-state index contributed by atoms with van der Waals surface area (Å²) in [4.78, 5) is 16.8. The Morgan fingerprint density at radius 3 is 2.44 bits per heavy atom. The van der Waals surface area contributed by atoms with E-state index in [1.807, 2.05) is 35.0 Å². The second-order valence-corrected chi connectivity index (χ2v) is 9.02. The molecular weight excluding hydrogens is 448 g/mol. The first-order chi connectivity index (χ1) is 15.4. The van der Waals surface area contributed by atoms with Gasteiger partial charge in [0.25, 0.3) is 15.9 Å². The molecule has 162 valence electrons. The second-order valence-electron chi connectivity index (χ2n) is 6.93. The number of amides is 1. The van der Waals surface area contributed by atoms with Crippen molar-refractivity contribution in [3.05, 3.63) is 108 Å². The molecule has 4 rings (SSSR count). The molecule has 0 atom stereocenters. The summed E-state index contributed by atoms with van der Waals surface area (Å²) in [6.07, 6.45) is 5.25. The molecule has 1 aromatic heterocycles. The molecule has 0 bridgehead atoms. The van der Waals surface area contributed by atoms with E-state index < -0.39 is 15.9 Å². The van der Waals surface area contributed by atoms with Gasteiger partial charge in [0.1, 0.15) is 0 Å². The van der Waals surface area contributed by atoms with Gasteiger partial charge in [-0.25, -0.2) is 13.4 Å². The highest BCUT2D eigenvalue weighted by Gasteiger charge is 2.16. The molecule has 0 saturated carbocycles. The number of hydrogen-bond donors (Lipinski definition) is 2. The number of nitrogens with zero attached hydrogens (tertiary/aromatic N) is 2. The molecule has 0 aliphatic carbocycles. The molecule has 4 aromatic rings. The van der Waals surface area contributed by atoms with Crippen molar-refractivity contribution in [2.75, 3.05) is 4.72 Å². The van der Waals surface area contributed by atoms with Gasteiger partial charge in [0.15, 0.2) is 0 Å². The average Bonchev–Trinajstić information content (AvgIpc) is 3.34. The minimum Gasteiger partial charge on any atom is -0.348 e. The largest absolute Gasteiger partial charge is 0.348 e. The van der Waals surface area contributed by atoms with Gasteiger partial charge in [0.2, 0.25) is 0 Å². The summed E-state index contributed by atoms with van der Waals surface area (Å²) >= 11 is 6.19. The van der Waals surface area contributed by atoms with Crippen LogP contribution in [0.25, 0.3) is 5.69 Å². The Labute approximate surface area is 190 Å². The van der Waals surface area contributed by atoms with E-state index in [4.69, 9.17) is 11.6 Å². The lowest BCUT2D eigenvalue weighted by atomic mass is 10.1. The van der Waals surface area contributed by atoms with Crippen LogP contribution in [0.4, 0.5) is 5.69 Å². The van der Waals surface area contributed by atoms with E-state index in [9.17, 15) is 13.2 Å². The van der Waals surface area contributed by atoms with Gasteiger partial charge < -0.3 is 9.88 Å². The summed E-state index contributed by atoms with van der Waals surface area (Å²) in [5.74, 6) is -0.408. The molecule has 1 heterocycles. The van der Waals surface area contributed by atoms with Crippen molar-refractivity contribution in [3.8, 4) is 5.69 Å². The van der Waals surface area contributed by atoms with Crippen LogP contribution in [0.5, 0.6) is 0 Å². The van der Waals surface area contributed by atoms with Crippen molar-refractivity contribution in [1.29, 1.82) is 0 Å². The molecule has 1 amide bonds. The maximum absolute atomic E-state index is 12.7. The van der Waals surface area contributed by atoms with Crippen molar-refractivity contribution in [2.45, 2.75) is 11.4 Å². The summed E-state index contributed by atoms with van der Waals surface area (Å²) in [5, 5.41) is 3.04. The van der Waals surface area contributed by atoms with E-state index in [1.54, 1.807) is 30.7 Å². The molecular formula is C23H19ClN4O3S. The lowest BCUT2D eigenvalue weighted by Gasteiger charge is -2.12. The van der Waals surface area contributed by atoms with Gasteiger partial charge in [0, 0.05) is 30.3 Å². The number of anilines is 1. The first-order valence-electron chi connectivity index (χ1n) is 9.65. The highest BCUT2D eigenvalue weighted by atomic mass is 35.5. The third kappa shape index (κ3) is 4.99. The van der Waals surface area contributed by atoms with Crippen LogP contribution in [0, 0.1) is 0 Å². The first kappa shape index (κ1) is 21.6. The highest BCUT2D eigenvalue weighted by Crippen LogP contribution is 2.23. The van der Waals surface area contributed by atoms with Crippen LogP contribution in [-0.2, 0) is 16.6 Å². The Hall–Kier alpha value is -3.62. The van der Waals surface area contributed by atoms with E-state index in [-0.39, 0.29) is 21.2 Å². The fourth-order valence-electron chi connectivity index (χ4n) is 3.05. The number of sulfonamides is 1. The van der Waals surface area contributed by atoms with Gasteiger partial charge in [0.05, 0.1) is 21.8 Å². The van der Waals surface area contributed by atoms with E-state index in [0.717, 1.165) is 11.3 Å². The minimum absolute atomic E-state index is 0.125. The number of rotatable bonds is 7. The van der Waals surface area contributed by atoms with E-state index >= 15 is 0 Å². The predicted octanol–water partition coefficient (Wildman–Crippen LogP) is 4.26. The van der Waals surface area contributed by atoms with Gasteiger partial charge in [-0.2, -0.15) is 0 Å². The van der Waals surface area contributed by atoms with Crippen LogP contribution in [0.2, 0.25) is 5.02 Å². The molecule has 0 aliphatic rings. The van der Waals surface area contributed by atoms with Crippen LogP contribution >= 0.6 is 11.6 Å². The third-order valence-corrected chi connectivity index (χ3v) is 6.44. The molecule has 7 nitrogen and oxygen atoms in total. The number of aromatic nitrogens is 2. The molecule has 0 fully saturated rings. The molecule has 0 unspecified atom stereocenters. The Morgan fingerprint density at radius 1 is 1.00 bits per heavy atom. The number of hydrogen-bond acceptors (Lipinski definition) is 4. The lowest BCUT2D eigenvalue weighted by Crippen LogP contribution is -2.23. The number of benzene rings is 3. The number of carbonyl (C=O) groups is 1. The topological polar surface area (TPSA) is 93.1 Å². The fraction of sp³-hybridized carbons (Fsp3) is 0.0435. The zero-order valence-electron chi connectivity index (χ0n) is 16.8. The fourth-order valence-corrected chi connectivity index (χ4v) is 4.33. The summed E-state index contributed by atoms with van der Waals surface area (Å²) in [7, 11) is -3.78. The van der Waals surface area contributed by atoms with Crippen LogP contribution < -0.4 is 10.0 Å². The van der Waals surface area contributed by atoms with Gasteiger partial charge in [-0.3, -0.25) is 9.52 Å². The maximum atomic E-state index is 12.7. The normalized spacial score (nSPS) is 11.2. The van der Waals surface area contributed by atoms with Crippen molar-refractivity contribution in [1.82, 2.24) is 14.9 Å². The number of carbonyl (C=O) groups excluding carboxylic acids is 1. The summed E-state index contributed by atoms with van der Waals surface area (Å²) in [6.45, 7) is 0.291. The predicted molar refractivity (Wildman–Crippen MR) is 123 cm³/mol. The quantitative estimate of drug-likeness (QED) is 0.425. The van der Waals surface area contributed by atoms with Gasteiger partial charge in [-0.05, 0) is 48.0 Å². The molecule has 2 N–H and O–H groups in total.